The van der Waals surface area contributed by atoms with Gasteiger partial charge in [0.2, 0.25) is 0 Å². The van der Waals surface area contributed by atoms with Crippen molar-refractivity contribution in [1.29, 1.82) is 10.8 Å². The highest BCUT2D eigenvalue weighted by atomic mass is 32.1. The van der Waals surface area contributed by atoms with Crippen LogP contribution in [-0.4, -0.2) is 24.7 Å². The molecule has 38 heavy (non-hydrogen) atoms. The monoisotopic (exact) mass is 540 g/mol. The molecule has 4 aromatic rings. The van der Waals surface area contributed by atoms with Crippen molar-refractivity contribution in [2.24, 2.45) is 11.5 Å². The first kappa shape index (κ1) is 30.6. The maximum atomic E-state index is 8.15. The van der Waals surface area contributed by atoms with Crippen molar-refractivity contribution in [3.05, 3.63) is 108 Å². The Balaban J connectivity index is 0.000000773. The molecule has 0 saturated carbocycles. The molecule has 1 atom stereocenters. The smallest absolute Gasteiger partial charge is 0.0253 e. The first-order chi connectivity index (χ1) is 18.5. The zero-order valence-electron chi connectivity index (χ0n) is 22.0. The molecule has 196 valence electrons. The Morgan fingerprint density at radius 1 is 0.763 bits per heavy atom. The summed E-state index contributed by atoms with van der Waals surface area (Å²) in [6, 6.07) is 25.1. The van der Waals surface area contributed by atoms with Gasteiger partial charge in [0.25, 0.3) is 0 Å². The molecule has 0 bridgehead atoms. The van der Waals surface area contributed by atoms with Gasteiger partial charge in [-0.2, -0.15) is 12.6 Å². The van der Waals surface area contributed by atoms with E-state index in [1.54, 1.807) is 0 Å². The number of nitrogens with two attached hydrogens (primary N) is 2. The zero-order chi connectivity index (χ0) is 28.1. The average molecular weight is 541 g/mol. The van der Waals surface area contributed by atoms with Crippen LogP contribution in [0.5, 0.6) is 0 Å². The summed E-state index contributed by atoms with van der Waals surface area (Å²) in [5.41, 5.74) is 15.4. The van der Waals surface area contributed by atoms with Crippen molar-refractivity contribution >= 4 is 70.4 Å². The van der Waals surface area contributed by atoms with Crippen molar-refractivity contribution in [2.45, 2.75) is 19.1 Å². The number of rotatable bonds is 6. The highest BCUT2D eigenvalue weighted by Crippen LogP contribution is 2.40. The Bertz CT molecular complexity index is 1470. The van der Waals surface area contributed by atoms with E-state index in [4.69, 9.17) is 16.6 Å². The van der Waals surface area contributed by atoms with E-state index in [-0.39, 0.29) is 5.25 Å². The maximum absolute atomic E-state index is 8.15. The summed E-state index contributed by atoms with van der Waals surface area (Å²) in [4.78, 5) is 0. The fourth-order valence-corrected chi connectivity index (χ4v) is 4.53. The second kappa shape index (κ2) is 15.6. The van der Waals surface area contributed by atoms with Crippen LogP contribution >= 0.6 is 25.3 Å². The summed E-state index contributed by atoms with van der Waals surface area (Å²) in [6.45, 7) is 3.98. The van der Waals surface area contributed by atoms with Crippen LogP contribution in [0.3, 0.4) is 0 Å². The van der Waals surface area contributed by atoms with Crippen LogP contribution in [0.15, 0.2) is 96.6 Å². The van der Waals surface area contributed by atoms with Gasteiger partial charge in [-0.05, 0) is 93.5 Å². The van der Waals surface area contributed by atoms with Gasteiger partial charge in [-0.1, -0.05) is 78.9 Å². The summed E-state index contributed by atoms with van der Waals surface area (Å²) in [7, 11) is 1.50. The summed E-state index contributed by atoms with van der Waals surface area (Å²) in [5.74, 6) is 0. The predicted octanol–water partition coefficient (Wildman–Crippen LogP) is 7.99. The van der Waals surface area contributed by atoms with E-state index in [1.165, 1.54) is 31.1 Å². The SMILES string of the molecule is C/C=C(\C=N)c1c2ccccc2c(/C(C=N)=C/C(C)S)c2ccc(-c3ccccc3)cc12.CN.N/C=C\S. The average Bonchev–Trinajstić information content (AvgIpc) is 2.97. The quantitative estimate of drug-likeness (QED) is 0.0848. The van der Waals surface area contributed by atoms with Crippen LogP contribution in [0.4, 0.5) is 0 Å². The molecule has 0 aromatic heterocycles. The van der Waals surface area contributed by atoms with Crippen LogP contribution in [-0.2, 0) is 0 Å². The zero-order valence-corrected chi connectivity index (χ0v) is 23.8. The van der Waals surface area contributed by atoms with Gasteiger partial charge in [-0.15, -0.1) is 12.6 Å². The van der Waals surface area contributed by atoms with Crippen molar-refractivity contribution in [1.82, 2.24) is 0 Å². The van der Waals surface area contributed by atoms with Gasteiger partial charge < -0.3 is 22.3 Å². The van der Waals surface area contributed by atoms with E-state index in [0.29, 0.717) is 0 Å². The Morgan fingerprint density at radius 3 is 1.74 bits per heavy atom. The molecular formula is C32H36N4S2. The minimum absolute atomic E-state index is 0.0244. The Morgan fingerprint density at radius 2 is 1.26 bits per heavy atom. The van der Waals surface area contributed by atoms with Crippen LogP contribution in [0.25, 0.3) is 43.8 Å². The lowest BCUT2D eigenvalue weighted by molar-refractivity contribution is 1.27. The largest absolute Gasteiger partial charge is 0.404 e. The van der Waals surface area contributed by atoms with Crippen molar-refractivity contribution in [3.63, 3.8) is 0 Å². The molecule has 0 aliphatic carbocycles. The van der Waals surface area contributed by atoms with Crippen LogP contribution in [0.1, 0.15) is 25.0 Å². The van der Waals surface area contributed by atoms with Gasteiger partial charge in [-0.3, -0.25) is 0 Å². The Hall–Kier alpha value is -3.58. The number of nitrogens with one attached hydrogen (secondary N) is 2. The molecular weight excluding hydrogens is 505 g/mol. The molecule has 4 nitrogen and oxygen atoms in total. The van der Waals surface area contributed by atoms with Crippen molar-refractivity contribution < 1.29 is 0 Å². The number of thiol groups is 2. The van der Waals surface area contributed by atoms with Crippen LogP contribution < -0.4 is 11.5 Å². The molecule has 0 fully saturated rings. The molecule has 0 amide bonds. The maximum Gasteiger partial charge on any atom is 0.0253 e. The fourth-order valence-electron chi connectivity index (χ4n) is 4.37. The van der Waals surface area contributed by atoms with E-state index in [2.05, 4.69) is 73.5 Å². The van der Waals surface area contributed by atoms with Gasteiger partial charge in [-0.25, -0.2) is 0 Å². The van der Waals surface area contributed by atoms with Gasteiger partial charge in [0, 0.05) is 17.7 Å². The summed E-state index contributed by atoms with van der Waals surface area (Å²) in [5, 5.41) is 22.0. The third-order valence-corrected chi connectivity index (χ3v) is 6.16. The first-order valence-corrected chi connectivity index (χ1v) is 13.2. The Labute approximate surface area is 237 Å². The molecule has 6 N–H and O–H groups in total. The number of benzene rings is 4. The van der Waals surface area contributed by atoms with Crippen molar-refractivity contribution in [3.8, 4) is 11.1 Å². The molecule has 0 heterocycles. The minimum atomic E-state index is 0.0244. The third-order valence-electron chi connectivity index (χ3n) is 5.84. The predicted molar refractivity (Wildman–Crippen MR) is 177 cm³/mol. The van der Waals surface area contributed by atoms with E-state index in [1.807, 2.05) is 56.3 Å². The molecule has 0 spiro atoms. The van der Waals surface area contributed by atoms with Gasteiger partial charge in [0.1, 0.15) is 0 Å². The fraction of sp³-hybridized carbons (Fsp3) is 0.125. The van der Waals surface area contributed by atoms with E-state index >= 15 is 0 Å². The molecule has 6 heteroatoms. The number of hydrogen-bond donors (Lipinski definition) is 6. The van der Waals surface area contributed by atoms with E-state index in [0.717, 1.165) is 54.9 Å². The van der Waals surface area contributed by atoms with Crippen LogP contribution in [0, 0.1) is 10.8 Å². The van der Waals surface area contributed by atoms with Gasteiger partial charge in [0.05, 0.1) is 0 Å². The molecule has 1 unspecified atom stereocenters. The standard InChI is InChI=1S/C29H26N2S.C2H5NS.CH5N/c1-3-20(17-30)28-24-11-7-8-12-25(24)29(23(18-31)15-19(2)32)26-14-13-22(16-27(26)28)21-9-5-4-6-10-21;3-1-2-4;1-2/h3-19,30-32H,1-2H3;1-2,4H,3H2;2H2,1H3/b20-3+,23-15+,30-17?,31-18?;2-1-;. The van der Waals surface area contributed by atoms with Gasteiger partial charge in [0.15, 0.2) is 0 Å². The number of allylic oxidation sites excluding steroid dienone is 3. The minimum Gasteiger partial charge on any atom is -0.404 e. The molecule has 4 aromatic carbocycles. The highest BCUT2D eigenvalue weighted by Gasteiger charge is 2.18. The molecule has 0 radical (unpaired) electrons. The summed E-state index contributed by atoms with van der Waals surface area (Å²) < 4.78 is 0. The topological polar surface area (TPSA) is 99.7 Å². The van der Waals surface area contributed by atoms with E-state index < -0.39 is 0 Å². The second-order valence-corrected chi connectivity index (χ2v) is 9.27. The lowest BCUT2D eigenvalue weighted by atomic mass is 9.84. The third kappa shape index (κ3) is 7.04. The molecule has 0 aliphatic rings. The van der Waals surface area contributed by atoms with Crippen molar-refractivity contribution in [2.75, 3.05) is 7.05 Å². The second-order valence-electron chi connectivity index (χ2n) is 8.16. The molecule has 0 aliphatic heterocycles. The summed E-state index contributed by atoms with van der Waals surface area (Å²) >= 11 is 8.17. The Kier molecular flexibility index (Phi) is 12.6. The molecule has 4 rings (SSSR count). The highest BCUT2D eigenvalue weighted by molar-refractivity contribution is 7.83. The van der Waals surface area contributed by atoms with E-state index in [9.17, 15) is 0 Å². The molecule has 0 saturated heterocycles. The number of fused-ring (bicyclic) bond motifs is 2. The first-order valence-electron chi connectivity index (χ1n) is 12.2. The normalized spacial score (nSPS) is 12.4. The lowest BCUT2D eigenvalue weighted by Crippen LogP contribution is -1.99. The van der Waals surface area contributed by atoms with Crippen LogP contribution in [0.2, 0.25) is 0 Å². The van der Waals surface area contributed by atoms with Gasteiger partial charge >= 0.3 is 0 Å². The lowest BCUT2D eigenvalue weighted by Gasteiger charge is -2.19. The number of hydrogen-bond acceptors (Lipinski definition) is 6. The summed E-state index contributed by atoms with van der Waals surface area (Å²) in [6.07, 6.45) is 8.23.